The maximum atomic E-state index is 13.0. The molecule has 0 aliphatic heterocycles. The predicted octanol–water partition coefficient (Wildman–Crippen LogP) is 2.25. The first kappa shape index (κ1) is 15.5. The van der Waals surface area contributed by atoms with E-state index in [0.717, 1.165) is 11.8 Å². The molecule has 2 rings (SSSR count). The minimum absolute atomic E-state index is 0.225. The number of amides is 2. The van der Waals surface area contributed by atoms with Crippen LogP contribution in [-0.4, -0.2) is 22.6 Å². The molecule has 0 aliphatic rings. The number of carbonyl (C=O) groups is 2. The van der Waals surface area contributed by atoms with Gasteiger partial charge in [-0.15, -0.1) is 23.1 Å². The molecule has 0 fully saturated rings. The van der Waals surface area contributed by atoms with Gasteiger partial charge < -0.3 is 5.73 Å². The smallest absolute Gasteiger partial charge is 0.257 e. The van der Waals surface area contributed by atoms with Gasteiger partial charge in [-0.3, -0.25) is 14.9 Å². The zero-order valence-corrected chi connectivity index (χ0v) is 12.5. The van der Waals surface area contributed by atoms with Gasteiger partial charge in [-0.1, -0.05) is 6.07 Å². The van der Waals surface area contributed by atoms with Crippen molar-refractivity contribution in [1.82, 2.24) is 4.98 Å². The van der Waals surface area contributed by atoms with E-state index in [1.807, 2.05) is 0 Å². The van der Waals surface area contributed by atoms with Crippen LogP contribution in [-0.2, 0) is 10.5 Å². The molecule has 2 aromatic rings. The van der Waals surface area contributed by atoms with Crippen molar-refractivity contribution < 1.29 is 14.0 Å². The van der Waals surface area contributed by atoms with Gasteiger partial charge in [0.15, 0.2) is 5.13 Å². The number of halogens is 1. The number of nitrogens with two attached hydrogens (primary N) is 1. The van der Waals surface area contributed by atoms with Crippen LogP contribution in [0, 0.1) is 5.82 Å². The second kappa shape index (κ2) is 7.19. The molecule has 0 saturated heterocycles. The molecule has 21 heavy (non-hydrogen) atoms. The summed E-state index contributed by atoms with van der Waals surface area (Å²) in [6, 6.07) is 5.43. The van der Waals surface area contributed by atoms with E-state index in [1.54, 1.807) is 5.38 Å². The first-order chi connectivity index (χ1) is 10.0. The molecule has 5 nitrogen and oxygen atoms in total. The highest BCUT2D eigenvalue weighted by Gasteiger charge is 2.10. The number of hydrogen-bond donors (Lipinski definition) is 2. The number of hydrogen-bond acceptors (Lipinski definition) is 5. The van der Waals surface area contributed by atoms with Gasteiger partial charge in [-0.25, -0.2) is 9.37 Å². The topological polar surface area (TPSA) is 85.1 Å². The highest BCUT2D eigenvalue weighted by Crippen LogP contribution is 2.20. The van der Waals surface area contributed by atoms with E-state index in [2.05, 4.69) is 10.3 Å². The first-order valence-corrected chi connectivity index (χ1v) is 7.95. The van der Waals surface area contributed by atoms with E-state index in [9.17, 15) is 14.0 Å². The van der Waals surface area contributed by atoms with Gasteiger partial charge >= 0.3 is 0 Å². The van der Waals surface area contributed by atoms with Gasteiger partial charge in [0.1, 0.15) is 5.82 Å². The molecular formula is C13H12FN3O2S2. The van der Waals surface area contributed by atoms with Crippen LogP contribution in [0.1, 0.15) is 16.1 Å². The van der Waals surface area contributed by atoms with Gasteiger partial charge in [0.2, 0.25) is 5.91 Å². The predicted molar refractivity (Wildman–Crippen MR) is 81.8 cm³/mol. The summed E-state index contributed by atoms with van der Waals surface area (Å²) in [5.74, 6) is -0.502. The monoisotopic (exact) mass is 325 g/mol. The van der Waals surface area contributed by atoms with E-state index in [-0.39, 0.29) is 17.2 Å². The van der Waals surface area contributed by atoms with Crippen molar-refractivity contribution in [2.45, 2.75) is 5.75 Å². The highest BCUT2D eigenvalue weighted by molar-refractivity contribution is 7.99. The molecule has 3 N–H and O–H groups in total. The standard InChI is InChI=1S/C13H12FN3O2S2/c14-9-3-1-2-8(4-9)12(19)17-13-16-10(6-21-13)5-20-7-11(15)18/h1-4,6H,5,7H2,(H2,15,18)(H,16,17,19). The number of anilines is 1. The summed E-state index contributed by atoms with van der Waals surface area (Å²) in [6.45, 7) is 0. The lowest BCUT2D eigenvalue weighted by atomic mass is 10.2. The Bertz CT molecular complexity index is 660. The summed E-state index contributed by atoms with van der Waals surface area (Å²) in [7, 11) is 0. The van der Waals surface area contributed by atoms with Crippen LogP contribution in [0.25, 0.3) is 0 Å². The summed E-state index contributed by atoms with van der Waals surface area (Å²) in [5.41, 5.74) is 6.02. The molecule has 110 valence electrons. The minimum Gasteiger partial charge on any atom is -0.369 e. The van der Waals surface area contributed by atoms with Gasteiger partial charge in [0.05, 0.1) is 11.4 Å². The SMILES string of the molecule is NC(=O)CSCc1csc(NC(=O)c2cccc(F)c2)n1. The number of carbonyl (C=O) groups excluding carboxylic acids is 2. The second-order valence-corrected chi connectivity index (χ2v) is 5.91. The van der Waals surface area contributed by atoms with Crippen molar-refractivity contribution in [3.63, 3.8) is 0 Å². The van der Waals surface area contributed by atoms with Crippen LogP contribution in [0.5, 0.6) is 0 Å². The number of primary amides is 1. The third kappa shape index (κ3) is 4.83. The molecule has 0 atom stereocenters. The summed E-state index contributed by atoms with van der Waals surface area (Å²) in [4.78, 5) is 26.7. The Morgan fingerprint density at radius 2 is 2.24 bits per heavy atom. The maximum Gasteiger partial charge on any atom is 0.257 e. The Morgan fingerprint density at radius 3 is 2.95 bits per heavy atom. The van der Waals surface area contributed by atoms with Crippen LogP contribution in [0.2, 0.25) is 0 Å². The van der Waals surface area contributed by atoms with Crippen molar-refractivity contribution in [2.75, 3.05) is 11.1 Å². The van der Waals surface area contributed by atoms with Gasteiger partial charge in [0.25, 0.3) is 5.91 Å². The number of aromatic nitrogens is 1. The Morgan fingerprint density at radius 1 is 1.43 bits per heavy atom. The molecule has 1 aromatic carbocycles. The number of benzene rings is 1. The fourth-order valence-electron chi connectivity index (χ4n) is 1.49. The Labute approximate surface area is 128 Å². The van der Waals surface area contributed by atoms with Crippen LogP contribution >= 0.6 is 23.1 Å². The Balaban J connectivity index is 1.93. The summed E-state index contributed by atoms with van der Waals surface area (Å²) in [5, 5.41) is 4.82. The first-order valence-electron chi connectivity index (χ1n) is 5.92. The largest absolute Gasteiger partial charge is 0.369 e. The fourth-order valence-corrected chi connectivity index (χ4v) is 2.96. The molecule has 1 heterocycles. The molecule has 0 aliphatic carbocycles. The average Bonchev–Trinajstić information content (AvgIpc) is 2.86. The third-order valence-corrected chi connectivity index (χ3v) is 4.15. The highest BCUT2D eigenvalue weighted by atomic mass is 32.2. The molecule has 2 amide bonds. The number of thioether (sulfide) groups is 1. The molecule has 0 bridgehead atoms. The zero-order valence-electron chi connectivity index (χ0n) is 10.8. The number of rotatable bonds is 6. The van der Waals surface area contributed by atoms with E-state index in [0.29, 0.717) is 10.9 Å². The van der Waals surface area contributed by atoms with Crippen molar-refractivity contribution in [3.05, 3.63) is 46.7 Å². The van der Waals surface area contributed by atoms with Crippen LogP contribution < -0.4 is 11.1 Å². The normalized spacial score (nSPS) is 10.3. The van der Waals surface area contributed by atoms with Gasteiger partial charge in [-0.2, -0.15) is 0 Å². The molecule has 0 spiro atoms. The van der Waals surface area contributed by atoms with Crippen molar-refractivity contribution in [1.29, 1.82) is 0 Å². The molecule has 0 saturated carbocycles. The van der Waals surface area contributed by atoms with E-state index < -0.39 is 11.7 Å². The molecular weight excluding hydrogens is 313 g/mol. The lowest BCUT2D eigenvalue weighted by Gasteiger charge is -2.01. The van der Waals surface area contributed by atoms with Crippen LogP contribution in [0.4, 0.5) is 9.52 Å². The summed E-state index contributed by atoms with van der Waals surface area (Å²) in [6.07, 6.45) is 0. The lowest BCUT2D eigenvalue weighted by molar-refractivity contribution is -0.115. The van der Waals surface area contributed by atoms with Crippen molar-refractivity contribution >= 4 is 40.0 Å². The quantitative estimate of drug-likeness (QED) is 0.853. The molecule has 0 unspecified atom stereocenters. The number of nitrogens with zero attached hydrogens (tertiary/aromatic N) is 1. The van der Waals surface area contributed by atoms with Crippen molar-refractivity contribution in [3.8, 4) is 0 Å². The molecule has 0 radical (unpaired) electrons. The average molecular weight is 325 g/mol. The Kier molecular flexibility index (Phi) is 5.29. The summed E-state index contributed by atoms with van der Waals surface area (Å²) < 4.78 is 13.0. The van der Waals surface area contributed by atoms with Crippen molar-refractivity contribution in [2.24, 2.45) is 5.73 Å². The van der Waals surface area contributed by atoms with E-state index >= 15 is 0 Å². The number of nitrogens with one attached hydrogen (secondary N) is 1. The van der Waals surface area contributed by atoms with Crippen LogP contribution in [0.3, 0.4) is 0 Å². The lowest BCUT2D eigenvalue weighted by Crippen LogP contribution is -2.13. The molecule has 1 aromatic heterocycles. The van der Waals surface area contributed by atoms with E-state index in [4.69, 9.17) is 5.73 Å². The molecule has 8 heteroatoms. The number of thiazole rings is 1. The second-order valence-electron chi connectivity index (χ2n) is 4.07. The zero-order chi connectivity index (χ0) is 15.2. The van der Waals surface area contributed by atoms with Gasteiger partial charge in [0, 0.05) is 16.7 Å². The maximum absolute atomic E-state index is 13.0. The third-order valence-electron chi connectivity index (χ3n) is 2.35. The minimum atomic E-state index is -0.467. The summed E-state index contributed by atoms with van der Waals surface area (Å²) >= 11 is 2.62. The fraction of sp³-hybridized carbons (Fsp3) is 0.154. The van der Waals surface area contributed by atoms with Gasteiger partial charge in [-0.05, 0) is 18.2 Å². The van der Waals surface area contributed by atoms with E-state index in [1.165, 1.54) is 41.3 Å². The van der Waals surface area contributed by atoms with Crippen LogP contribution in [0.15, 0.2) is 29.6 Å². The Hall–Kier alpha value is -1.93.